The van der Waals surface area contributed by atoms with Gasteiger partial charge in [0.15, 0.2) is 5.82 Å². The standard InChI is InChI=1S/C12H21N3O2S/c1-8(2)6-18-7-11-14-12(17-15-11)10-4-9(16-3)5-13-10/h8-10,13H,4-7H2,1-3H3/t9-,10+/m0/s1. The van der Waals surface area contributed by atoms with Crippen molar-refractivity contribution in [3.05, 3.63) is 11.7 Å². The van der Waals surface area contributed by atoms with Crippen molar-refractivity contribution in [1.29, 1.82) is 0 Å². The second kappa shape index (κ2) is 6.54. The highest BCUT2D eigenvalue weighted by molar-refractivity contribution is 7.98. The van der Waals surface area contributed by atoms with E-state index < -0.39 is 0 Å². The van der Waals surface area contributed by atoms with E-state index in [2.05, 4.69) is 29.3 Å². The number of rotatable bonds is 6. The van der Waals surface area contributed by atoms with Crippen molar-refractivity contribution in [3.8, 4) is 0 Å². The maximum atomic E-state index is 5.31. The Hall–Kier alpha value is -0.590. The molecule has 6 heteroatoms. The quantitative estimate of drug-likeness (QED) is 0.854. The summed E-state index contributed by atoms with van der Waals surface area (Å²) in [5, 5.41) is 7.35. The average Bonchev–Trinajstić information content (AvgIpc) is 2.95. The van der Waals surface area contributed by atoms with Crippen molar-refractivity contribution >= 4 is 11.8 Å². The van der Waals surface area contributed by atoms with E-state index >= 15 is 0 Å². The third-order valence-electron chi connectivity index (χ3n) is 2.89. The van der Waals surface area contributed by atoms with Gasteiger partial charge in [0.05, 0.1) is 17.9 Å². The molecule has 0 aliphatic carbocycles. The van der Waals surface area contributed by atoms with Crippen LogP contribution in [0.25, 0.3) is 0 Å². The van der Waals surface area contributed by atoms with Gasteiger partial charge in [-0.3, -0.25) is 0 Å². The monoisotopic (exact) mass is 271 g/mol. The summed E-state index contributed by atoms with van der Waals surface area (Å²) in [6.45, 7) is 5.27. The van der Waals surface area contributed by atoms with E-state index in [1.165, 1.54) is 0 Å². The first-order valence-electron chi connectivity index (χ1n) is 6.35. The molecule has 2 heterocycles. The minimum atomic E-state index is 0.145. The lowest BCUT2D eigenvalue weighted by Crippen LogP contribution is -2.16. The Morgan fingerprint density at radius 1 is 1.56 bits per heavy atom. The number of hydrogen-bond acceptors (Lipinski definition) is 6. The molecule has 0 amide bonds. The van der Waals surface area contributed by atoms with Gasteiger partial charge >= 0.3 is 0 Å². The molecule has 0 saturated carbocycles. The molecule has 0 bridgehead atoms. The number of nitrogens with zero attached hydrogens (tertiary/aromatic N) is 2. The summed E-state index contributed by atoms with van der Waals surface area (Å²) >= 11 is 1.85. The first-order chi connectivity index (χ1) is 8.69. The maximum Gasteiger partial charge on any atom is 0.243 e. The number of thioether (sulfide) groups is 1. The molecule has 1 saturated heterocycles. The van der Waals surface area contributed by atoms with Gasteiger partial charge in [0, 0.05) is 13.7 Å². The molecule has 5 nitrogen and oxygen atoms in total. The molecule has 102 valence electrons. The summed E-state index contributed by atoms with van der Waals surface area (Å²) in [5.41, 5.74) is 0. The van der Waals surface area contributed by atoms with E-state index in [1.54, 1.807) is 7.11 Å². The molecule has 0 radical (unpaired) electrons. The summed E-state index contributed by atoms with van der Waals surface area (Å²) in [4.78, 5) is 4.44. The highest BCUT2D eigenvalue weighted by Gasteiger charge is 2.29. The average molecular weight is 271 g/mol. The van der Waals surface area contributed by atoms with Gasteiger partial charge in [-0.15, -0.1) is 0 Å². The van der Waals surface area contributed by atoms with Gasteiger partial charge in [-0.05, 0) is 18.1 Å². The summed E-state index contributed by atoms with van der Waals surface area (Å²) < 4.78 is 10.6. The first kappa shape index (κ1) is 13.8. The van der Waals surface area contributed by atoms with Gasteiger partial charge in [-0.25, -0.2) is 0 Å². The zero-order valence-electron chi connectivity index (χ0n) is 11.2. The van der Waals surface area contributed by atoms with Gasteiger partial charge < -0.3 is 14.6 Å². The summed E-state index contributed by atoms with van der Waals surface area (Å²) in [7, 11) is 1.73. The van der Waals surface area contributed by atoms with Gasteiger partial charge in [-0.2, -0.15) is 16.7 Å². The Morgan fingerprint density at radius 2 is 2.39 bits per heavy atom. The predicted octanol–water partition coefficient (Wildman–Crippen LogP) is 2.01. The normalized spacial score (nSPS) is 24.0. The predicted molar refractivity (Wildman–Crippen MR) is 71.5 cm³/mol. The van der Waals surface area contributed by atoms with Crippen LogP contribution >= 0.6 is 11.8 Å². The molecule has 1 N–H and O–H groups in total. The topological polar surface area (TPSA) is 60.2 Å². The molecule has 18 heavy (non-hydrogen) atoms. The van der Waals surface area contributed by atoms with Crippen molar-refractivity contribution in [2.45, 2.75) is 38.2 Å². The molecule has 1 aromatic rings. The van der Waals surface area contributed by atoms with Crippen molar-refractivity contribution in [2.75, 3.05) is 19.4 Å². The molecular weight excluding hydrogens is 250 g/mol. The third-order valence-corrected chi connectivity index (χ3v) is 4.25. The molecule has 1 aromatic heterocycles. The van der Waals surface area contributed by atoms with Crippen LogP contribution in [0.3, 0.4) is 0 Å². The van der Waals surface area contributed by atoms with Gasteiger partial charge in [0.25, 0.3) is 0 Å². The van der Waals surface area contributed by atoms with Crippen molar-refractivity contribution in [3.63, 3.8) is 0 Å². The highest BCUT2D eigenvalue weighted by atomic mass is 32.2. The van der Waals surface area contributed by atoms with E-state index in [0.717, 1.165) is 30.3 Å². The van der Waals surface area contributed by atoms with Crippen LogP contribution < -0.4 is 5.32 Å². The van der Waals surface area contributed by atoms with Crippen LogP contribution in [0.4, 0.5) is 0 Å². The second-order valence-electron chi connectivity index (χ2n) is 5.01. The zero-order chi connectivity index (χ0) is 13.0. The van der Waals surface area contributed by atoms with Crippen LogP contribution in [0.1, 0.15) is 38.0 Å². The van der Waals surface area contributed by atoms with E-state index in [0.29, 0.717) is 11.8 Å². The van der Waals surface area contributed by atoms with Crippen LogP contribution in [0.2, 0.25) is 0 Å². The Kier molecular flexibility index (Phi) is 5.03. The molecular formula is C12H21N3O2S. The van der Waals surface area contributed by atoms with Crippen LogP contribution in [-0.2, 0) is 10.5 Å². The number of aromatic nitrogens is 2. The molecule has 0 spiro atoms. The van der Waals surface area contributed by atoms with Crippen molar-refractivity contribution in [1.82, 2.24) is 15.5 Å². The molecule has 0 unspecified atom stereocenters. The first-order valence-corrected chi connectivity index (χ1v) is 7.51. The molecule has 2 rings (SSSR count). The Labute approximate surface area is 112 Å². The second-order valence-corrected chi connectivity index (χ2v) is 6.04. The van der Waals surface area contributed by atoms with E-state index in [9.17, 15) is 0 Å². The fourth-order valence-electron chi connectivity index (χ4n) is 1.92. The van der Waals surface area contributed by atoms with E-state index in [4.69, 9.17) is 9.26 Å². The zero-order valence-corrected chi connectivity index (χ0v) is 12.0. The van der Waals surface area contributed by atoms with Gasteiger partial charge in [-0.1, -0.05) is 19.0 Å². The highest BCUT2D eigenvalue weighted by Crippen LogP contribution is 2.24. The van der Waals surface area contributed by atoms with Crippen LogP contribution in [0.15, 0.2) is 4.52 Å². The molecule has 1 fully saturated rings. The fraction of sp³-hybridized carbons (Fsp3) is 0.833. The van der Waals surface area contributed by atoms with Crippen LogP contribution in [0.5, 0.6) is 0 Å². The molecule has 1 aliphatic rings. The molecule has 1 aliphatic heterocycles. The third kappa shape index (κ3) is 3.70. The van der Waals surface area contributed by atoms with Crippen molar-refractivity contribution < 1.29 is 9.26 Å². The minimum Gasteiger partial charge on any atom is -0.380 e. The van der Waals surface area contributed by atoms with Gasteiger partial charge in [0.2, 0.25) is 5.89 Å². The lowest BCUT2D eigenvalue weighted by atomic mass is 10.2. The van der Waals surface area contributed by atoms with E-state index in [-0.39, 0.29) is 12.1 Å². The smallest absolute Gasteiger partial charge is 0.243 e. The largest absolute Gasteiger partial charge is 0.380 e. The fourth-order valence-corrected chi connectivity index (χ4v) is 2.81. The Bertz CT molecular complexity index is 370. The van der Waals surface area contributed by atoms with E-state index in [1.807, 2.05) is 11.8 Å². The van der Waals surface area contributed by atoms with Crippen LogP contribution in [0, 0.1) is 5.92 Å². The molecule has 0 aromatic carbocycles. The van der Waals surface area contributed by atoms with Crippen LogP contribution in [-0.4, -0.2) is 35.7 Å². The minimum absolute atomic E-state index is 0.145. The van der Waals surface area contributed by atoms with Crippen molar-refractivity contribution in [2.24, 2.45) is 5.92 Å². The maximum absolute atomic E-state index is 5.31. The Balaban J connectivity index is 1.83. The van der Waals surface area contributed by atoms with Gasteiger partial charge in [0.1, 0.15) is 0 Å². The number of nitrogens with one attached hydrogen (secondary N) is 1. The summed E-state index contributed by atoms with van der Waals surface area (Å²) in [6, 6.07) is 0.145. The summed E-state index contributed by atoms with van der Waals surface area (Å²) in [6.07, 6.45) is 1.15. The lowest BCUT2D eigenvalue weighted by Gasteiger charge is -2.04. The summed E-state index contributed by atoms with van der Waals surface area (Å²) in [5.74, 6) is 4.12. The molecule has 2 atom stereocenters. The number of methoxy groups -OCH3 is 1. The lowest BCUT2D eigenvalue weighted by molar-refractivity contribution is 0.116. The number of hydrogen-bond donors (Lipinski definition) is 1. The SMILES string of the molecule is CO[C@@H]1CN[C@@H](c2nc(CSCC(C)C)no2)C1. The Morgan fingerprint density at radius 3 is 3.06 bits per heavy atom. The number of ether oxygens (including phenoxy) is 1.